The summed E-state index contributed by atoms with van der Waals surface area (Å²) in [6.07, 6.45) is -4.04. The lowest BCUT2D eigenvalue weighted by Crippen LogP contribution is -2.54. The summed E-state index contributed by atoms with van der Waals surface area (Å²) >= 11 is 5.82. The molecule has 224 valence electrons. The average molecular weight is 616 g/mol. The van der Waals surface area contributed by atoms with Gasteiger partial charge >= 0.3 is 12.3 Å². The molecule has 2 aromatic rings. The van der Waals surface area contributed by atoms with Crippen molar-refractivity contribution in [2.75, 3.05) is 19.6 Å². The third-order valence-electron chi connectivity index (χ3n) is 7.39. The summed E-state index contributed by atoms with van der Waals surface area (Å²) in [5, 5.41) is 19.6. The van der Waals surface area contributed by atoms with Crippen LogP contribution in [0.3, 0.4) is 0 Å². The number of benzene rings is 2. The maximum Gasteiger partial charge on any atom is 0.417 e. The number of hydrogen-bond donors (Lipinski definition) is 2. The second-order valence-corrected chi connectivity index (χ2v) is 12.7. The highest BCUT2D eigenvalue weighted by Crippen LogP contribution is 2.38. The van der Waals surface area contributed by atoms with Crippen LogP contribution in [0.15, 0.2) is 53.4 Å². The Morgan fingerprint density at radius 3 is 2.37 bits per heavy atom. The fourth-order valence-corrected chi connectivity index (χ4v) is 7.14. The number of carboxylic acid groups (broad SMARTS) is 1. The van der Waals surface area contributed by atoms with Gasteiger partial charge in [-0.1, -0.05) is 42.8 Å². The number of nitrogens with zero attached hydrogens (tertiary/aromatic N) is 2. The first-order chi connectivity index (χ1) is 19.3. The van der Waals surface area contributed by atoms with Gasteiger partial charge in [0.05, 0.1) is 34.5 Å². The SMILES string of the molecule is CCN1CCC(C#N)(NC(=O)O)CC1.O=S(=O)(c1ccccc1C(F)(F)F)[C@H]1CC[C@H](OCc2ccc(Cl)cc2)C1. The van der Waals surface area contributed by atoms with Crippen LogP contribution in [-0.4, -0.2) is 61.0 Å². The summed E-state index contributed by atoms with van der Waals surface area (Å²) in [6.45, 7) is 4.88. The van der Waals surface area contributed by atoms with Crippen molar-refractivity contribution in [3.05, 3.63) is 64.7 Å². The zero-order valence-corrected chi connectivity index (χ0v) is 24.1. The number of ether oxygens (including phenoxy) is 1. The van der Waals surface area contributed by atoms with E-state index in [1.54, 1.807) is 12.1 Å². The Labute approximate surface area is 243 Å². The maximum absolute atomic E-state index is 13.2. The number of nitriles is 1. The summed E-state index contributed by atoms with van der Waals surface area (Å²) in [7, 11) is -4.09. The Kier molecular flexibility index (Phi) is 11.1. The van der Waals surface area contributed by atoms with Gasteiger partial charge in [0.15, 0.2) is 9.84 Å². The van der Waals surface area contributed by atoms with Gasteiger partial charge in [-0.05, 0) is 68.5 Å². The molecular weight excluding hydrogens is 583 g/mol. The van der Waals surface area contributed by atoms with Crippen LogP contribution < -0.4 is 5.32 Å². The molecule has 1 amide bonds. The summed E-state index contributed by atoms with van der Waals surface area (Å²) < 4.78 is 70.9. The van der Waals surface area contributed by atoms with Gasteiger partial charge in [0.1, 0.15) is 5.54 Å². The third kappa shape index (κ3) is 8.82. The minimum atomic E-state index is -4.72. The van der Waals surface area contributed by atoms with E-state index in [2.05, 4.69) is 23.2 Å². The molecule has 1 heterocycles. The molecule has 2 aliphatic rings. The first-order valence-electron chi connectivity index (χ1n) is 13.2. The van der Waals surface area contributed by atoms with Crippen LogP contribution in [0.5, 0.6) is 0 Å². The fraction of sp³-hybridized carbons (Fsp3) is 0.500. The number of alkyl halides is 3. The molecule has 41 heavy (non-hydrogen) atoms. The molecular formula is C28H33ClF3N3O5S. The van der Waals surface area contributed by atoms with Gasteiger partial charge in [0.2, 0.25) is 0 Å². The van der Waals surface area contributed by atoms with Crippen molar-refractivity contribution in [2.45, 2.75) is 73.6 Å². The first-order valence-corrected chi connectivity index (χ1v) is 15.1. The second kappa shape index (κ2) is 13.9. The molecule has 4 rings (SSSR count). The van der Waals surface area contributed by atoms with Gasteiger partial charge in [-0.25, -0.2) is 13.2 Å². The van der Waals surface area contributed by atoms with E-state index in [1.165, 1.54) is 12.1 Å². The predicted molar refractivity (Wildman–Crippen MR) is 147 cm³/mol. The summed E-state index contributed by atoms with van der Waals surface area (Å²) in [5.74, 6) is 0. The first kappa shape index (κ1) is 32.7. The molecule has 0 radical (unpaired) electrons. The highest BCUT2D eigenvalue weighted by Gasteiger charge is 2.42. The molecule has 8 nitrogen and oxygen atoms in total. The van der Waals surface area contributed by atoms with Crippen LogP contribution in [0, 0.1) is 11.3 Å². The maximum atomic E-state index is 13.2. The molecule has 0 bridgehead atoms. The van der Waals surface area contributed by atoms with Crippen molar-refractivity contribution in [1.29, 1.82) is 5.26 Å². The number of carbonyl (C=O) groups is 1. The normalized spacial score (nSPS) is 20.9. The predicted octanol–water partition coefficient (Wildman–Crippen LogP) is 5.90. The molecule has 2 fully saturated rings. The van der Waals surface area contributed by atoms with E-state index in [0.29, 0.717) is 30.9 Å². The molecule has 0 unspecified atom stereocenters. The van der Waals surface area contributed by atoms with Gasteiger partial charge in [-0.15, -0.1) is 0 Å². The lowest BCUT2D eigenvalue weighted by molar-refractivity contribution is -0.139. The largest absolute Gasteiger partial charge is 0.465 e. The van der Waals surface area contributed by atoms with Gasteiger partial charge in [0.25, 0.3) is 0 Å². The number of likely N-dealkylation sites (tertiary alicyclic amines) is 1. The molecule has 0 spiro atoms. The van der Waals surface area contributed by atoms with Crippen molar-refractivity contribution >= 4 is 27.5 Å². The number of hydrogen-bond acceptors (Lipinski definition) is 6. The van der Waals surface area contributed by atoms with Crippen molar-refractivity contribution in [1.82, 2.24) is 10.2 Å². The molecule has 2 N–H and O–H groups in total. The number of rotatable bonds is 7. The van der Waals surface area contributed by atoms with E-state index >= 15 is 0 Å². The molecule has 2 aromatic carbocycles. The number of halogens is 4. The van der Waals surface area contributed by atoms with E-state index in [4.69, 9.17) is 26.7 Å². The molecule has 0 aromatic heterocycles. The quantitative estimate of drug-likeness (QED) is 0.398. The van der Waals surface area contributed by atoms with E-state index in [1.807, 2.05) is 12.1 Å². The summed E-state index contributed by atoms with van der Waals surface area (Å²) in [5.41, 5.74) is -1.08. The van der Waals surface area contributed by atoms with Crippen LogP contribution in [0.25, 0.3) is 0 Å². The third-order valence-corrected chi connectivity index (χ3v) is 9.92. The van der Waals surface area contributed by atoms with Crippen molar-refractivity contribution in [3.8, 4) is 6.07 Å². The van der Waals surface area contributed by atoms with Gasteiger partial charge in [-0.2, -0.15) is 18.4 Å². The molecule has 13 heteroatoms. The zero-order valence-electron chi connectivity index (χ0n) is 22.5. The van der Waals surface area contributed by atoms with Crippen LogP contribution in [0.4, 0.5) is 18.0 Å². The highest BCUT2D eigenvalue weighted by molar-refractivity contribution is 7.92. The number of piperidine rings is 1. The van der Waals surface area contributed by atoms with Crippen molar-refractivity contribution in [3.63, 3.8) is 0 Å². The van der Waals surface area contributed by atoms with E-state index < -0.39 is 43.4 Å². The Bertz CT molecular complexity index is 1320. The summed E-state index contributed by atoms with van der Waals surface area (Å²) in [6, 6.07) is 13.5. The van der Waals surface area contributed by atoms with Gasteiger partial charge < -0.3 is 20.1 Å². The van der Waals surface area contributed by atoms with E-state index in [0.717, 1.165) is 37.3 Å². The standard InChI is InChI=1S/C19H18ClF3O3S.C9H15N3O2/c20-14-7-5-13(6-8-14)12-26-15-9-10-16(11-15)27(24,25)18-4-2-1-3-17(18)19(21,22)23;1-2-12-5-3-9(7-10,4-6-12)11-8(13)14/h1-8,15-16H,9-12H2;11H,2-6H2,1H3,(H,13,14)/t15-,16-;/m0./s1. The second-order valence-electron chi connectivity index (χ2n) is 10.1. The molecule has 1 aliphatic heterocycles. The van der Waals surface area contributed by atoms with Gasteiger partial charge in [-0.3, -0.25) is 0 Å². The van der Waals surface area contributed by atoms with Crippen LogP contribution in [0.2, 0.25) is 5.02 Å². The van der Waals surface area contributed by atoms with E-state index in [9.17, 15) is 26.4 Å². The van der Waals surface area contributed by atoms with Crippen molar-refractivity contribution in [2.24, 2.45) is 0 Å². The average Bonchev–Trinajstić information content (AvgIpc) is 3.43. The number of nitrogens with one attached hydrogen (secondary N) is 1. The molecule has 2 atom stereocenters. The topological polar surface area (TPSA) is 120 Å². The van der Waals surface area contributed by atoms with Crippen LogP contribution in [-0.2, 0) is 27.4 Å². The molecule has 1 saturated heterocycles. The Balaban J connectivity index is 0.000000278. The molecule has 1 saturated carbocycles. The lowest BCUT2D eigenvalue weighted by atomic mass is 9.89. The minimum Gasteiger partial charge on any atom is -0.465 e. The van der Waals surface area contributed by atoms with Crippen LogP contribution >= 0.6 is 11.6 Å². The Morgan fingerprint density at radius 1 is 1.17 bits per heavy atom. The number of sulfone groups is 1. The van der Waals surface area contributed by atoms with Crippen molar-refractivity contribution < 1.29 is 36.2 Å². The zero-order chi connectivity index (χ0) is 30.3. The number of amides is 1. The van der Waals surface area contributed by atoms with Crippen LogP contribution in [0.1, 0.15) is 50.2 Å². The smallest absolute Gasteiger partial charge is 0.417 e. The minimum absolute atomic E-state index is 0.183. The molecule has 1 aliphatic carbocycles. The Hall–Kier alpha value is -2.85. The highest BCUT2D eigenvalue weighted by atomic mass is 35.5. The fourth-order valence-electron chi connectivity index (χ4n) is 4.98. The monoisotopic (exact) mass is 615 g/mol. The summed E-state index contributed by atoms with van der Waals surface area (Å²) in [4.78, 5) is 12.1. The van der Waals surface area contributed by atoms with E-state index in [-0.39, 0.29) is 18.9 Å². The lowest BCUT2D eigenvalue weighted by Gasteiger charge is -2.36. The van der Waals surface area contributed by atoms with Gasteiger partial charge in [0, 0.05) is 18.1 Å². The Morgan fingerprint density at radius 2 is 1.80 bits per heavy atom.